The van der Waals surface area contributed by atoms with Crippen molar-refractivity contribution >= 4 is 16.5 Å². The summed E-state index contributed by atoms with van der Waals surface area (Å²) < 4.78 is 11.0. The fourth-order valence-corrected chi connectivity index (χ4v) is 2.66. The highest BCUT2D eigenvalue weighted by Crippen LogP contribution is 2.33. The van der Waals surface area contributed by atoms with E-state index < -0.39 is 10.8 Å². The predicted molar refractivity (Wildman–Crippen MR) is 48.6 cm³/mol. The highest BCUT2D eigenvalue weighted by molar-refractivity contribution is 7.85. The van der Waals surface area contributed by atoms with Crippen LogP contribution in [0.4, 0.5) is 0 Å². The van der Waals surface area contributed by atoms with E-state index in [1.807, 2.05) is 0 Å². The minimum Gasteiger partial charge on any atom is -0.392 e. The van der Waals surface area contributed by atoms with Gasteiger partial charge in [0.1, 0.15) is 6.10 Å². The molecule has 1 aliphatic carbocycles. The molecule has 0 amide bonds. The van der Waals surface area contributed by atoms with Gasteiger partial charge in [0.25, 0.3) is 0 Å². The second kappa shape index (κ2) is 3.17. The summed E-state index contributed by atoms with van der Waals surface area (Å²) in [5.74, 6) is 1.08. The van der Waals surface area contributed by atoms with E-state index in [1.54, 1.807) is 6.26 Å². The van der Waals surface area contributed by atoms with E-state index in [1.165, 1.54) is 12.8 Å². The highest BCUT2D eigenvalue weighted by atomic mass is 32.2. The van der Waals surface area contributed by atoms with E-state index in [4.69, 9.17) is 4.84 Å². The molecule has 12 heavy (non-hydrogen) atoms. The van der Waals surface area contributed by atoms with Crippen molar-refractivity contribution in [2.75, 3.05) is 12.0 Å². The van der Waals surface area contributed by atoms with Gasteiger partial charge in [0.2, 0.25) is 0 Å². The van der Waals surface area contributed by atoms with Gasteiger partial charge in [-0.1, -0.05) is 5.16 Å². The Kier molecular flexibility index (Phi) is 2.17. The zero-order valence-electron chi connectivity index (χ0n) is 7.16. The molecule has 0 aromatic carbocycles. The van der Waals surface area contributed by atoms with Gasteiger partial charge in [-0.3, -0.25) is 4.21 Å². The van der Waals surface area contributed by atoms with Crippen LogP contribution in [0.1, 0.15) is 19.3 Å². The lowest BCUT2D eigenvalue weighted by atomic mass is 10.0. The van der Waals surface area contributed by atoms with Crippen molar-refractivity contribution in [3.8, 4) is 0 Å². The maximum Gasteiger partial charge on any atom is 0.135 e. The number of hydrogen-bond donors (Lipinski definition) is 0. The molecule has 1 heterocycles. The molecular formula is C8H13NO2S. The first-order valence-electron chi connectivity index (χ1n) is 4.30. The zero-order chi connectivity index (χ0) is 8.55. The third kappa shape index (κ3) is 1.40. The fraction of sp³-hybridized carbons (Fsp3) is 0.875. The van der Waals surface area contributed by atoms with Gasteiger partial charge in [-0.05, 0) is 19.3 Å². The molecule has 1 saturated carbocycles. The Hall–Kier alpha value is -0.380. The topological polar surface area (TPSA) is 38.7 Å². The van der Waals surface area contributed by atoms with Crippen molar-refractivity contribution in [3.63, 3.8) is 0 Å². The van der Waals surface area contributed by atoms with Crippen LogP contribution in [-0.2, 0) is 15.6 Å². The molecule has 0 bridgehead atoms. The van der Waals surface area contributed by atoms with Crippen LogP contribution in [0.25, 0.3) is 0 Å². The van der Waals surface area contributed by atoms with Crippen LogP contribution in [-0.4, -0.2) is 28.0 Å². The molecule has 0 aromatic heterocycles. The van der Waals surface area contributed by atoms with Crippen LogP contribution in [0.15, 0.2) is 5.16 Å². The van der Waals surface area contributed by atoms with Crippen molar-refractivity contribution < 1.29 is 9.05 Å². The Morgan fingerprint density at radius 2 is 2.50 bits per heavy atom. The first kappa shape index (κ1) is 8.23. The number of hydrogen-bond acceptors (Lipinski definition) is 3. The molecule has 3 nitrogen and oxygen atoms in total. The van der Waals surface area contributed by atoms with Gasteiger partial charge in [-0.2, -0.15) is 0 Å². The van der Waals surface area contributed by atoms with Gasteiger partial charge in [0.05, 0.1) is 11.5 Å². The van der Waals surface area contributed by atoms with Gasteiger partial charge >= 0.3 is 0 Å². The van der Waals surface area contributed by atoms with Crippen molar-refractivity contribution in [2.45, 2.75) is 25.4 Å². The standard InChI is InChI=1S/C8H13NO2S/c1-12(10)5-7-6-3-2-4-8(6)11-9-7/h6,8H,2-5H2,1H3. The normalized spacial score (nSPS) is 35.6. The van der Waals surface area contributed by atoms with Gasteiger partial charge in [0, 0.05) is 23.0 Å². The molecule has 68 valence electrons. The lowest BCUT2D eigenvalue weighted by Gasteiger charge is -2.06. The second-order valence-electron chi connectivity index (χ2n) is 3.48. The Balaban J connectivity index is 2.02. The van der Waals surface area contributed by atoms with Crippen LogP contribution < -0.4 is 0 Å². The third-order valence-corrected chi connectivity index (χ3v) is 3.24. The largest absolute Gasteiger partial charge is 0.392 e. The van der Waals surface area contributed by atoms with Crippen LogP contribution >= 0.6 is 0 Å². The molecule has 0 radical (unpaired) electrons. The maximum atomic E-state index is 11.0. The van der Waals surface area contributed by atoms with E-state index >= 15 is 0 Å². The van der Waals surface area contributed by atoms with Gasteiger partial charge in [0.15, 0.2) is 0 Å². The van der Waals surface area contributed by atoms with Crippen LogP contribution in [0.3, 0.4) is 0 Å². The molecule has 0 saturated heterocycles. The number of nitrogens with zero attached hydrogens (tertiary/aromatic N) is 1. The Labute approximate surface area is 74.6 Å². The van der Waals surface area contributed by atoms with Crippen molar-refractivity contribution in [1.29, 1.82) is 0 Å². The Morgan fingerprint density at radius 3 is 3.25 bits per heavy atom. The monoisotopic (exact) mass is 187 g/mol. The first-order chi connectivity index (χ1) is 5.77. The van der Waals surface area contributed by atoms with Gasteiger partial charge < -0.3 is 4.84 Å². The first-order valence-corrected chi connectivity index (χ1v) is 6.02. The average Bonchev–Trinajstić information content (AvgIpc) is 2.52. The van der Waals surface area contributed by atoms with E-state index in [9.17, 15) is 4.21 Å². The predicted octanol–water partition coefficient (Wildman–Crippen LogP) is 0.920. The second-order valence-corrected chi connectivity index (χ2v) is 4.92. The minimum atomic E-state index is -0.776. The minimum absolute atomic E-state index is 0.309. The highest BCUT2D eigenvalue weighted by Gasteiger charge is 2.37. The molecule has 1 fully saturated rings. The molecule has 0 spiro atoms. The quantitative estimate of drug-likeness (QED) is 0.644. The summed E-state index contributed by atoms with van der Waals surface area (Å²) in [7, 11) is -0.776. The molecule has 0 N–H and O–H groups in total. The number of fused-ring (bicyclic) bond motifs is 1. The van der Waals surface area contributed by atoms with Crippen molar-refractivity contribution in [2.24, 2.45) is 11.1 Å². The third-order valence-electron chi connectivity index (χ3n) is 2.54. The lowest BCUT2D eigenvalue weighted by molar-refractivity contribution is 0.0746. The summed E-state index contributed by atoms with van der Waals surface area (Å²) >= 11 is 0. The van der Waals surface area contributed by atoms with Crippen LogP contribution in [0, 0.1) is 5.92 Å². The number of rotatable bonds is 2. The Morgan fingerprint density at radius 1 is 1.67 bits per heavy atom. The summed E-state index contributed by atoms with van der Waals surface area (Å²) in [4.78, 5) is 5.24. The van der Waals surface area contributed by atoms with Crippen molar-refractivity contribution in [1.82, 2.24) is 0 Å². The zero-order valence-corrected chi connectivity index (χ0v) is 7.97. The molecule has 2 aliphatic rings. The van der Waals surface area contributed by atoms with Crippen LogP contribution in [0.2, 0.25) is 0 Å². The fourth-order valence-electron chi connectivity index (χ4n) is 1.98. The maximum absolute atomic E-state index is 11.0. The van der Waals surface area contributed by atoms with E-state index in [2.05, 4.69) is 5.16 Å². The number of oxime groups is 1. The van der Waals surface area contributed by atoms with Gasteiger partial charge in [-0.15, -0.1) is 0 Å². The SMILES string of the molecule is CS(=O)CC1=NOC2CCCC12. The van der Waals surface area contributed by atoms with Crippen molar-refractivity contribution in [3.05, 3.63) is 0 Å². The molecular weight excluding hydrogens is 174 g/mol. The molecule has 4 heteroatoms. The summed E-state index contributed by atoms with van der Waals surface area (Å²) in [5.41, 5.74) is 1.03. The summed E-state index contributed by atoms with van der Waals surface area (Å²) in [6.45, 7) is 0. The lowest BCUT2D eigenvalue weighted by Crippen LogP contribution is -2.21. The average molecular weight is 187 g/mol. The Bertz CT molecular complexity index is 239. The van der Waals surface area contributed by atoms with Crippen LogP contribution in [0.5, 0.6) is 0 Å². The van der Waals surface area contributed by atoms with Gasteiger partial charge in [-0.25, -0.2) is 0 Å². The molecule has 2 rings (SSSR count). The summed E-state index contributed by atoms with van der Waals surface area (Å²) in [6.07, 6.45) is 5.54. The molecule has 0 aromatic rings. The summed E-state index contributed by atoms with van der Waals surface area (Å²) in [5, 5.41) is 3.98. The molecule has 3 atom stereocenters. The van der Waals surface area contributed by atoms with E-state index in [0.29, 0.717) is 17.8 Å². The summed E-state index contributed by atoms with van der Waals surface area (Å²) in [6, 6.07) is 0. The molecule has 1 aliphatic heterocycles. The van der Waals surface area contributed by atoms with E-state index in [0.717, 1.165) is 12.1 Å². The molecule has 3 unspecified atom stereocenters. The van der Waals surface area contributed by atoms with E-state index in [-0.39, 0.29) is 0 Å². The smallest absolute Gasteiger partial charge is 0.135 e.